The Balaban J connectivity index is 2.00. The van der Waals surface area contributed by atoms with E-state index in [4.69, 9.17) is 4.74 Å². The Morgan fingerprint density at radius 1 is 1.16 bits per heavy atom. The highest BCUT2D eigenvalue weighted by Crippen LogP contribution is 2.26. The van der Waals surface area contributed by atoms with Gasteiger partial charge in [0.2, 0.25) is 0 Å². The van der Waals surface area contributed by atoms with Gasteiger partial charge in [-0.15, -0.1) is 0 Å². The number of para-hydroxylation sites is 2. The minimum atomic E-state index is -0.843. The lowest BCUT2D eigenvalue weighted by Crippen LogP contribution is -2.35. The van der Waals surface area contributed by atoms with Crippen LogP contribution in [0.1, 0.15) is 11.1 Å². The minimum absolute atomic E-state index is 0.436. The summed E-state index contributed by atoms with van der Waals surface area (Å²) < 4.78 is 7.60. The van der Waals surface area contributed by atoms with Crippen molar-refractivity contribution in [1.29, 1.82) is 0 Å². The Bertz CT molecular complexity index is 886. The summed E-state index contributed by atoms with van der Waals surface area (Å²) in [6.45, 7) is 0.668. The van der Waals surface area contributed by atoms with E-state index < -0.39 is 12.0 Å². The van der Waals surface area contributed by atoms with Crippen LogP contribution in [-0.4, -0.2) is 35.8 Å². The third-order valence-corrected chi connectivity index (χ3v) is 4.47. The largest absolute Gasteiger partial charge is 0.496 e. The number of nitrogens with one attached hydrogen (secondary N) is 1. The second kappa shape index (κ2) is 7.40. The Morgan fingerprint density at radius 2 is 1.88 bits per heavy atom. The predicted octanol–water partition coefficient (Wildman–Crippen LogP) is 2.91. The number of benzene rings is 2. The molecule has 0 radical (unpaired) electrons. The van der Waals surface area contributed by atoms with E-state index in [0.29, 0.717) is 13.0 Å². The molecule has 5 nitrogen and oxygen atoms in total. The van der Waals surface area contributed by atoms with Crippen molar-refractivity contribution < 1.29 is 14.6 Å². The maximum absolute atomic E-state index is 11.4. The maximum atomic E-state index is 11.4. The molecule has 0 aliphatic heterocycles. The summed E-state index contributed by atoms with van der Waals surface area (Å²) in [5.41, 5.74) is 3.19. The molecule has 1 aromatic heterocycles. The fourth-order valence-electron chi connectivity index (χ4n) is 3.17. The van der Waals surface area contributed by atoms with Crippen molar-refractivity contribution in [3.8, 4) is 5.75 Å². The van der Waals surface area contributed by atoms with Gasteiger partial charge in [0.1, 0.15) is 11.8 Å². The van der Waals surface area contributed by atoms with Crippen molar-refractivity contribution in [1.82, 2.24) is 9.88 Å². The van der Waals surface area contributed by atoms with Crippen LogP contribution in [0.5, 0.6) is 5.75 Å². The summed E-state index contributed by atoms with van der Waals surface area (Å²) in [4.78, 5) is 11.4. The van der Waals surface area contributed by atoms with Crippen LogP contribution in [0, 0.1) is 0 Å². The summed E-state index contributed by atoms with van der Waals surface area (Å²) in [5, 5.41) is 13.3. The summed E-state index contributed by atoms with van der Waals surface area (Å²) in [5.74, 6) is 0.00419. The number of aromatic nitrogens is 1. The highest BCUT2D eigenvalue weighted by Gasteiger charge is 2.19. The van der Waals surface area contributed by atoms with Crippen molar-refractivity contribution in [2.24, 2.45) is 0 Å². The maximum Gasteiger partial charge on any atom is 0.321 e. The first-order valence-corrected chi connectivity index (χ1v) is 8.22. The normalized spacial score (nSPS) is 12.2. The first kappa shape index (κ1) is 17.0. The smallest absolute Gasteiger partial charge is 0.321 e. The van der Waals surface area contributed by atoms with E-state index in [-0.39, 0.29) is 0 Å². The molecule has 0 saturated carbocycles. The van der Waals surface area contributed by atoms with Gasteiger partial charge in [-0.2, -0.15) is 0 Å². The van der Waals surface area contributed by atoms with Gasteiger partial charge < -0.3 is 19.7 Å². The van der Waals surface area contributed by atoms with Crippen molar-refractivity contribution in [3.05, 3.63) is 65.9 Å². The molecule has 0 fully saturated rings. The van der Waals surface area contributed by atoms with Gasteiger partial charge in [-0.1, -0.05) is 36.4 Å². The zero-order chi connectivity index (χ0) is 17.8. The second-order valence-corrected chi connectivity index (χ2v) is 5.99. The number of carboxylic acids is 1. The van der Waals surface area contributed by atoms with Crippen molar-refractivity contribution in [3.63, 3.8) is 0 Å². The number of methoxy groups -OCH3 is 1. The molecule has 0 bridgehead atoms. The molecular weight excluding hydrogens is 316 g/mol. The Kier molecular flexibility index (Phi) is 5.05. The molecule has 3 aromatic rings. The molecule has 0 saturated heterocycles. The zero-order valence-corrected chi connectivity index (χ0v) is 14.4. The van der Waals surface area contributed by atoms with Crippen LogP contribution in [-0.2, 0) is 17.8 Å². The number of hydrogen-bond donors (Lipinski definition) is 2. The summed E-state index contributed by atoms with van der Waals surface area (Å²) in [6.07, 6.45) is 2.48. The molecule has 25 heavy (non-hydrogen) atoms. The van der Waals surface area contributed by atoms with E-state index in [0.717, 1.165) is 27.8 Å². The van der Waals surface area contributed by atoms with Crippen LogP contribution in [0.2, 0.25) is 0 Å². The average molecular weight is 338 g/mol. The first-order valence-electron chi connectivity index (χ1n) is 8.22. The minimum Gasteiger partial charge on any atom is -0.496 e. The van der Waals surface area contributed by atoms with Gasteiger partial charge in [-0.05, 0) is 24.7 Å². The highest BCUT2D eigenvalue weighted by molar-refractivity contribution is 5.85. The predicted molar refractivity (Wildman–Crippen MR) is 98.2 cm³/mol. The average Bonchev–Trinajstić information content (AvgIpc) is 2.97. The molecular formula is C20H22N2O3. The number of nitrogens with zero attached hydrogens (tertiary/aromatic N) is 1. The standard InChI is InChI=1S/C20H22N2O3/c1-21-17(20(23)24)11-15-13-22(18-9-5-4-8-16(15)18)12-14-7-3-6-10-19(14)25-2/h3-10,13,17,21H,11-12H2,1-2H3,(H,23,24)/t17-/m0/s1. The molecule has 2 aromatic carbocycles. The number of fused-ring (bicyclic) bond motifs is 1. The van der Waals surface area contributed by atoms with E-state index >= 15 is 0 Å². The molecule has 130 valence electrons. The van der Waals surface area contributed by atoms with Crippen LogP contribution in [0.25, 0.3) is 10.9 Å². The Morgan fingerprint density at radius 3 is 2.60 bits per heavy atom. The highest BCUT2D eigenvalue weighted by atomic mass is 16.5. The Labute approximate surface area is 146 Å². The number of carboxylic acid groups (broad SMARTS) is 1. The number of aliphatic carboxylic acids is 1. The summed E-state index contributed by atoms with van der Waals surface area (Å²) >= 11 is 0. The SMILES string of the molecule is CN[C@@H](Cc1cn(Cc2ccccc2OC)c2ccccc12)C(=O)O. The molecule has 1 heterocycles. The molecule has 3 rings (SSSR count). The number of hydrogen-bond acceptors (Lipinski definition) is 3. The zero-order valence-electron chi connectivity index (χ0n) is 14.4. The molecule has 2 N–H and O–H groups in total. The van der Waals surface area contributed by atoms with Gasteiger partial charge >= 0.3 is 5.97 Å². The summed E-state index contributed by atoms with van der Waals surface area (Å²) in [6, 6.07) is 15.4. The number of carbonyl (C=O) groups is 1. The van der Waals surface area contributed by atoms with E-state index in [1.807, 2.05) is 48.7 Å². The number of ether oxygens (including phenoxy) is 1. The quantitative estimate of drug-likeness (QED) is 0.695. The third kappa shape index (κ3) is 3.51. The first-order chi connectivity index (χ1) is 12.1. The lowest BCUT2D eigenvalue weighted by molar-refractivity contribution is -0.139. The molecule has 0 aliphatic carbocycles. The molecule has 1 atom stereocenters. The monoisotopic (exact) mass is 338 g/mol. The Hall–Kier alpha value is -2.79. The topological polar surface area (TPSA) is 63.5 Å². The molecule has 0 spiro atoms. The lowest BCUT2D eigenvalue weighted by Gasteiger charge is -2.10. The van der Waals surface area contributed by atoms with E-state index in [1.54, 1.807) is 14.2 Å². The van der Waals surface area contributed by atoms with Crippen LogP contribution in [0.15, 0.2) is 54.7 Å². The number of rotatable bonds is 7. The molecule has 0 amide bonds. The van der Waals surface area contributed by atoms with Crippen LogP contribution < -0.4 is 10.1 Å². The summed E-state index contributed by atoms with van der Waals surface area (Å²) in [7, 11) is 3.34. The fraction of sp³-hybridized carbons (Fsp3) is 0.250. The van der Waals surface area contributed by atoms with Crippen LogP contribution in [0.4, 0.5) is 0 Å². The van der Waals surface area contributed by atoms with Gasteiger partial charge in [0.15, 0.2) is 0 Å². The molecule has 0 aliphatic rings. The van der Waals surface area contributed by atoms with Gasteiger partial charge in [0.05, 0.1) is 13.7 Å². The molecule has 5 heteroatoms. The van der Waals surface area contributed by atoms with Crippen molar-refractivity contribution in [2.45, 2.75) is 19.0 Å². The van der Waals surface area contributed by atoms with Crippen LogP contribution >= 0.6 is 0 Å². The molecule has 0 unspecified atom stereocenters. The van der Waals surface area contributed by atoms with E-state index in [2.05, 4.69) is 16.0 Å². The van der Waals surface area contributed by atoms with Gasteiger partial charge in [0, 0.05) is 29.1 Å². The number of likely N-dealkylation sites (N-methyl/N-ethyl adjacent to an activating group) is 1. The van der Waals surface area contributed by atoms with Crippen molar-refractivity contribution >= 4 is 16.9 Å². The van der Waals surface area contributed by atoms with Gasteiger partial charge in [0.25, 0.3) is 0 Å². The van der Waals surface area contributed by atoms with Crippen molar-refractivity contribution in [2.75, 3.05) is 14.2 Å². The second-order valence-electron chi connectivity index (χ2n) is 5.99. The third-order valence-electron chi connectivity index (χ3n) is 4.47. The van der Waals surface area contributed by atoms with E-state index in [9.17, 15) is 9.90 Å². The van der Waals surface area contributed by atoms with Gasteiger partial charge in [-0.3, -0.25) is 4.79 Å². The van der Waals surface area contributed by atoms with Gasteiger partial charge in [-0.25, -0.2) is 0 Å². The van der Waals surface area contributed by atoms with E-state index in [1.165, 1.54) is 0 Å². The van der Waals surface area contributed by atoms with Crippen LogP contribution in [0.3, 0.4) is 0 Å². The fourth-order valence-corrected chi connectivity index (χ4v) is 3.17. The lowest BCUT2D eigenvalue weighted by atomic mass is 10.1.